The standard InChI is InChI=1S/C28H33FN4O5/c1-18(34)16-31-27(37)24-26(36)25-22(15-20(17-30-25)14-19-7-9-21(29)10-8-19)33(28(24)38)13-5-12-32-11-4-2-3-6-23(32)35/h7-10,15,17-18,34,36H,2-6,11-14,16H2,1H3,(H,31,37)/t18-/m1/s1. The quantitative estimate of drug-likeness (QED) is 0.395. The molecule has 1 aliphatic heterocycles. The number of aromatic hydroxyl groups is 1. The summed E-state index contributed by atoms with van der Waals surface area (Å²) in [5.41, 5.74) is 0.927. The van der Waals surface area contributed by atoms with Crippen LogP contribution >= 0.6 is 0 Å². The van der Waals surface area contributed by atoms with E-state index in [2.05, 4.69) is 10.3 Å². The predicted octanol–water partition coefficient (Wildman–Crippen LogP) is 2.74. The number of aliphatic hydroxyl groups is 1. The highest BCUT2D eigenvalue weighted by Crippen LogP contribution is 2.26. The number of amides is 2. The number of rotatable bonds is 9. The Labute approximate surface area is 219 Å². The summed E-state index contributed by atoms with van der Waals surface area (Å²) >= 11 is 0. The predicted molar refractivity (Wildman–Crippen MR) is 141 cm³/mol. The van der Waals surface area contributed by atoms with Gasteiger partial charge in [0.15, 0.2) is 5.75 Å². The highest BCUT2D eigenvalue weighted by Gasteiger charge is 2.24. The fourth-order valence-electron chi connectivity index (χ4n) is 4.73. The van der Waals surface area contributed by atoms with Crippen LogP contribution in [0, 0.1) is 5.82 Å². The van der Waals surface area contributed by atoms with Crippen LogP contribution in [-0.2, 0) is 17.8 Å². The third-order valence-electron chi connectivity index (χ3n) is 6.72. The maximum absolute atomic E-state index is 13.5. The summed E-state index contributed by atoms with van der Waals surface area (Å²) in [6, 6.07) is 7.80. The first kappa shape index (κ1) is 27.3. The van der Waals surface area contributed by atoms with Crippen LogP contribution in [0.2, 0.25) is 0 Å². The lowest BCUT2D eigenvalue weighted by Gasteiger charge is -2.21. The van der Waals surface area contributed by atoms with E-state index in [1.807, 2.05) is 4.90 Å². The van der Waals surface area contributed by atoms with E-state index in [-0.39, 0.29) is 30.3 Å². The molecule has 38 heavy (non-hydrogen) atoms. The van der Waals surface area contributed by atoms with Crippen molar-refractivity contribution in [1.29, 1.82) is 0 Å². The van der Waals surface area contributed by atoms with Crippen molar-refractivity contribution in [3.63, 3.8) is 0 Å². The first-order chi connectivity index (χ1) is 18.2. The van der Waals surface area contributed by atoms with Crippen molar-refractivity contribution in [1.82, 2.24) is 19.8 Å². The van der Waals surface area contributed by atoms with Crippen molar-refractivity contribution >= 4 is 22.8 Å². The van der Waals surface area contributed by atoms with Gasteiger partial charge in [0, 0.05) is 38.8 Å². The Morgan fingerprint density at radius 2 is 1.89 bits per heavy atom. The van der Waals surface area contributed by atoms with Gasteiger partial charge < -0.3 is 25.0 Å². The van der Waals surface area contributed by atoms with Crippen LogP contribution in [0.25, 0.3) is 11.0 Å². The van der Waals surface area contributed by atoms with Crippen molar-refractivity contribution in [2.24, 2.45) is 0 Å². The van der Waals surface area contributed by atoms with Crippen molar-refractivity contribution in [2.75, 3.05) is 19.6 Å². The Morgan fingerprint density at radius 3 is 2.63 bits per heavy atom. The maximum Gasteiger partial charge on any atom is 0.267 e. The fraction of sp³-hybridized carbons (Fsp3) is 0.429. The zero-order valence-corrected chi connectivity index (χ0v) is 21.5. The zero-order chi connectivity index (χ0) is 27.2. The molecule has 10 heteroatoms. The number of carbonyl (C=O) groups is 2. The highest BCUT2D eigenvalue weighted by molar-refractivity contribution is 6.01. The molecular formula is C28H33FN4O5. The van der Waals surface area contributed by atoms with Gasteiger partial charge in [0.25, 0.3) is 11.5 Å². The minimum absolute atomic E-state index is 0.0865. The number of carbonyl (C=O) groups excluding carboxylic acids is 2. The molecule has 3 aromatic rings. The van der Waals surface area contributed by atoms with Gasteiger partial charge in [-0.2, -0.15) is 0 Å². The Kier molecular flexibility index (Phi) is 8.73. The Morgan fingerprint density at radius 1 is 1.13 bits per heavy atom. The number of benzene rings is 1. The number of nitrogens with one attached hydrogen (secondary N) is 1. The highest BCUT2D eigenvalue weighted by atomic mass is 19.1. The second-order valence-corrected chi connectivity index (χ2v) is 9.80. The molecule has 1 saturated heterocycles. The molecule has 0 radical (unpaired) electrons. The second kappa shape index (κ2) is 12.2. The van der Waals surface area contributed by atoms with E-state index in [4.69, 9.17) is 0 Å². The first-order valence-corrected chi connectivity index (χ1v) is 13.0. The maximum atomic E-state index is 13.5. The number of nitrogens with zero attached hydrogens (tertiary/aromatic N) is 3. The van der Waals surface area contributed by atoms with Crippen molar-refractivity contribution in [2.45, 2.75) is 58.1 Å². The molecule has 1 atom stereocenters. The van der Waals surface area contributed by atoms with E-state index < -0.39 is 28.9 Å². The first-order valence-electron chi connectivity index (χ1n) is 13.0. The largest absolute Gasteiger partial charge is 0.505 e. The number of aliphatic hydroxyl groups excluding tert-OH is 1. The topological polar surface area (TPSA) is 125 Å². The van der Waals surface area contributed by atoms with Gasteiger partial charge in [0.05, 0.1) is 11.6 Å². The molecule has 3 N–H and O–H groups in total. The molecule has 0 saturated carbocycles. The SMILES string of the molecule is C[C@@H](O)CNC(=O)c1c(O)c2ncc(Cc3ccc(F)cc3)cc2n(CCCN2CCCCCC2=O)c1=O. The molecule has 1 aliphatic rings. The van der Waals surface area contributed by atoms with Crippen LogP contribution < -0.4 is 10.9 Å². The summed E-state index contributed by atoms with van der Waals surface area (Å²) in [5.74, 6) is -1.57. The van der Waals surface area contributed by atoms with E-state index in [9.17, 15) is 29.0 Å². The fourth-order valence-corrected chi connectivity index (χ4v) is 4.73. The van der Waals surface area contributed by atoms with Gasteiger partial charge >= 0.3 is 0 Å². The van der Waals surface area contributed by atoms with Crippen molar-refractivity contribution in [3.8, 4) is 5.75 Å². The molecule has 1 fully saturated rings. The second-order valence-electron chi connectivity index (χ2n) is 9.80. The zero-order valence-electron chi connectivity index (χ0n) is 21.5. The smallest absolute Gasteiger partial charge is 0.267 e. The van der Waals surface area contributed by atoms with E-state index in [1.165, 1.54) is 23.6 Å². The van der Waals surface area contributed by atoms with Crippen LogP contribution in [0.15, 0.2) is 41.3 Å². The molecule has 0 bridgehead atoms. The van der Waals surface area contributed by atoms with E-state index in [1.54, 1.807) is 24.4 Å². The molecule has 202 valence electrons. The third kappa shape index (κ3) is 6.36. The van der Waals surface area contributed by atoms with Gasteiger partial charge in [-0.3, -0.25) is 19.4 Å². The van der Waals surface area contributed by atoms with E-state index in [0.717, 1.165) is 30.4 Å². The monoisotopic (exact) mass is 524 g/mol. The van der Waals surface area contributed by atoms with Gasteiger partial charge in [0.1, 0.15) is 16.9 Å². The van der Waals surface area contributed by atoms with Crippen LogP contribution in [0.4, 0.5) is 4.39 Å². The molecule has 0 aliphatic carbocycles. The molecule has 1 aromatic carbocycles. The molecule has 0 unspecified atom stereocenters. The Bertz CT molecular complexity index is 1370. The lowest BCUT2D eigenvalue weighted by molar-refractivity contribution is -0.130. The summed E-state index contributed by atoms with van der Waals surface area (Å²) in [6.45, 7) is 2.77. The summed E-state index contributed by atoms with van der Waals surface area (Å²) in [5, 5.41) is 22.9. The Hall–Kier alpha value is -3.79. The molecule has 4 rings (SSSR count). The van der Waals surface area contributed by atoms with Gasteiger partial charge in [-0.05, 0) is 61.9 Å². The number of aryl methyl sites for hydroxylation is 1. The summed E-state index contributed by atoms with van der Waals surface area (Å²) in [6.07, 6.45) is 4.97. The van der Waals surface area contributed by atoms with Crippen LogP contribution in [0.3, 0.4) is 0 Å². The average molecular weight is 525 g/mol. The Balaban J connectivity index is 1.70. The molecule has 9 nitrogen and oxygen atoms in total. The lowest BCUT2D eigenvalue weighted by Crippen LogP contribution is -2.37. The summed E-state index contributed by atoms with van der Waals surface area (Å²) in [7, 11) is 0. The molecule has 3 heterocycles. The molecule has 2 aromatic heterocycles. The van der Waals surface area contributed by atoms with E-state index >= 15 is 0 Å². The summed E-state index contributed by atoms with van der Waals surface area (Å²) in [4.78, 5) is 44.9. The van der Waals surface area contributed by atoms with Crippen molar-refractivity contribution in [3.05, 3.63) is 69.4 Å². The van der Waals surface area contributed by atoms with E-state index in [0.29, 0.717) is 37.9 Å². The van der Waals surface area contributed by atoms with Crippen LogP contribution in [0.1, 0.15) is 60.5 Å². The van der Waals surface area contributed by atoms with Gasteiger partial charge in [0.2, 0.25) is 5.91 Å². The van der Waals surface area contributed by atoms with Crippen LogP contribution in [0.5, 0.6) is 5.75 Å². The number of pyridine rings is 2. The number of likely N-dealkylation sites (tertiary alicyclic amines) is 1. The normalized spacial score (nSPS) is 14.9. The van der Waals surface area contributed by atoms with Crippen LogP contribution in [-0.4, -0.2) is 62.2 Å². The number of hydrogen-bond donors (Lipinski definition) is 3. The minimum atomic E-state index is -0.831. The number of fused-ring (bicyclic) bond motifs is 1. The van der Waals surface area contributed by atoms with Crippen molar-refractivity contribution < 1.29 is 24.2 Å². The van der Waals surface area contributed by atoms with Gasteiger partial charge in [-0.25, -0.2) is 4.39 Å². The number of hydrogen-bond acceptors (Lipinski definition) is 6. The number of halogens is 1. The number of aromatic nitrogens is 2. The van der Waals surface area contributed by atoms with Gasteiger partial charge in [-0.15, -0.1) is 0 Å². The lowest BCUT2D eigenvalue weighted by atomic mass is 10.1. The molecular weight excluding hydrogens is 491 g/mol. The summed E-state index contributed by atoms with van der Waals surface area (Å²) < 4.78 is 14.7. The average Bonchev–Trinajstić information content (AvgIpc) is 3.10. The molecule has 0 spiro atoms. The minimum Gasteiger partial charge on any atom is -0.505 e. The van der Waals surface area contributed by atoms with Gasteiger partial charge in [-0.1, -0.05) is 18.6 Å². The third-order valence-corrected chi connectivity index (χ3v) is 6.72. The molecule has 2 amide bonds.